The number of benzene rings is 2. The average molecular weight is 378 g/mol. The smallest absolute Gasteiger partial charge is 0.244 e. The molecule has 132 valence electrons. The Balaban J connectivity index is 1.90. The van der Waals surface area contributed by atoms with E-state index in [-0.39, 0.29) is 11.9 Å². The molecule has 0 fully saturated rings. The van der Waals surface area contributed by atoms with E-state index in [1.165, 1.54) is 6.08 Å². The van der Waals surface area contributed by atoms with Crippen LogP contribution in [0.15, 0.2) is 48.5 Å². The molecule has 2 aromatic rings. The van der Waals surface area contributed by atoms with Crippen LogP contribution in [-0.2, 0) is 11.4 Å². The van der Waals surface area contributed by atoms with Crippen molar-refractivity contribution in [1.29, 1.82) is 0 Å². The number of nitrogens with one attached hydrogen (secondary N) is 1. The third-order valence-electron chi connectivity index (χ3n) is 3.72. The van der Waals surface area contributed by atoms with Gasteiger partial charge in [-0.2, -0.15) is 0 Å². The van der Waals surface area contributed by atoms with Crippen molar-refractivity contribution in [1.82, 2.24) is 5.32 Å². The van der Waals surface area contributed by atoms with Crippen LogP contribution in [0, 0.1) is 0 Å². The van der Waals surface area contributed by atoms with E-state index in [4.69, 9.17) is 27.9 Å². The van der Waals surface area contributed by atoms with Gasteiger partial charge in [-0.1, -0.05) is 48.3 Å². The van der Waals surface area contributed by atoms with Gasteiger partial charge in [0.1, 0.15) is 12.4 Å². The summed E-state index contributed by atoms with van der Waals surface area (Å²) in [6, 6.07) is 13.0. The third kappa shape index (κ3) is 6.45. The van der Waals surface area contributed by atoms with Crippen LogP contribution in [0.5, 0.6) is 5.75 Å². The summed E-state index contributed by atoms with van der Waals surface area (Å²) < 4.78 is 5.73. The number of hydrogen-bond donors (Lipinski definition) is 1. The van der Waals surface area contributed by atoms with Gasteiger partial charge in [0, 0.05) is 27.7 Å². The number of halogens is 2. The van der Waals surface area contributed by atoms with Crippen molar-refractivity contribution in [3.8, 4) is 5.75 Å². The van der Waals surface area contributed by atoms with Gasteiger partial charge in [-0.3, -0.25) is 4.79 Å². The number of amides is 1. The molecule has 0 saturated heterocycles. The summed E-state index contributed by atoms with van der Waals surface area (Å²) in [4.78, 5) is 11.7. The highest BCUT2D eigenvalue weighted by molar-refractivity contribution is 6.35. The second kappa shape index (κ2) is 9.50. The van der Waals surface area contributed by atoms with Gasteiger partial charge in [-0.15, -0.1) is 0 Å². The second-order valence-electron chi connectivity index (χ2n) is 5.74. The molecule has 1 N–H and O–H groups in total. The zero-order valence-corrected chi connectivity index (χ0v) is 15.8. The molecular formula is C20H21Cl2NO2. The van der Waals surface area contributed by atoms with Gasteiger partial charge >= 0.3 is 0 Å². The molecule has 2 aromatic carbocycles. The van der Waals surface area contributed by atoms with Crippen molar-refractivity contribution in [2.45, 2.75) is 32.9 Å². The van der Waals surface area contributed by atoms with Gasteiger partial charge in [0.15, 0.2) is 0 Å². The predicted octanol–water partition coefficient (Wildman–Crippen LogP) is 5.50. The van der Waals surface area contributed by atoms with Crippen molar-refractivity contribution in [3.05, 3.63) is 69.7 Å². The lowest BCUT2D eigenvalue weighted by molar-refractivity contribution is -0.117. The maximum absolute atomic E-state index is 11.7. The Labute approximate surface area is 158 Å². The highest BCUT2D eigenvalue weighted by Gasteiger charge is 2.03. The number of carbonyl (C=O) groups is 1. The average Bonchev–Trinajstić information content (AvgIpc) is 2.60. The van der Waals surface area contributed by atoms with Crippen LogP contribution in [0.4, 0.5) is 0 Å². The molecule has 25 heavy (non-hydrogen) atoms. The van der Waals surface area contributed by atoms with Crippen molar-refractivity contribution < 1.29 is 9.53 Å². The molecular weight excluding hydrogens is 357 g/mol. The van der Waals surface area contributed by atoms with Gasteiger partial charge in [-0.05, 0) is 49.2 Å². The Bertz CT molecular complexity index is 742. The first kappa shape index (κ1) is 19.4. The molecule has 0 radical (unpaired) electrons. The van der Waals surface area contributed by atoms with E-state index in [9.17, 15) is 4.79 Å². The first-order chi connectivity index (χ1) is 12.0. The van der Waals surface area contributed by atoms with E-state index in [0.717, 1.165) is 23.3 Å². The molecule has 0 unspecified atom stereocenters. The van der Waals surface area contributed by atoms with E-state index in [1.54, 1.807) is 18.2 Å². The van der Waals surface area contributed by atoms with E-state index >= 15 is 0 Å². The van der Waals surface area contributed by atoms with Crippen molar-refractivity contribution in [2.24, 2.45) is 0 Å². The zero-order chi connectivity index (χ0) is 18.2. The van der Waals surface area contributed by atoms with Gasteiger partial charge in [0.05, 0.1) is 0 Å². The summed E-state index contributed by atoms with van der Waals surface area (Å²) in [5.74, 6) is 0.638. The topological polar surface area (TPSA) is 38.3 Å². The van der Waals surface area contributed by atoms with Gasteiger partial charge in [-0.25, -0.2) is 0 Å². The summed E-state index contributed by atoms with van der Waals surface area (Å²) in [5, 5.41) is 4.07. The molecule has 0 bridgehead atoms. The zero-order valence-electron chi connectivity index (χ0n) is 14.3. The highest BCUT2D eigenvalue weighted by atomic mass is 35.5. The van der Waals surface area contributed by atoms with E-state index in [2.05, 4.69) is 5.32 Å². The maximum Gasteiger partial charge on any atom is 0.244 e. The molecule has 0 aromatic heterocycles. The van der Waals surface area contributed by atoms with Crippen LogP contribution in [-0.4, -0.2) is 11.9 Å². The number of ether oxygens (including phenoxy) is 1. The number of carbonyl (C=O) groups excluding carboxylic acids is 1. The second-order valence-corrected chi connectivity index (χ2v) is 6.59. The first-order valence-electron chi connectivity index (χ1n) is 8.13. The van der Waals surface area contributed by atoms with Crippen molar-refractivity contribution >= 4 is 35.2 Å². The number of hydrogen-bond acceptors (Lipinski definition) is 2. The molecule has 0 aliphatic heterocycles. The van der Waals surface area contributed by atoms with Gasteiger partial charge < -0.3 is 10.1 Å². The van der Waals surface area contributed by atoms with Crippen LogP contribution in [0.2, 0.25) is 10.0 Å². The summed E-state index contributed by atoms with van der Waals surface area (Å²) in [6.45, 7) is 4.37. The Morgan fingerprint density at radius 3 is 2.56 bits per heavy atom. The SMILES string of the molecule is CC[C@H](C)NC(=O)/C=C/c1ccc(OCc2ccc(Cl)cc2Cl)cc1. The largest absolute Gasteiger partial charge is 0.489 e. The standard InChI is InChI=1S/C20H21Cl2NO2/c1-3-14(2)23-20(24)11-6-15-4-9-18(10-5-15)25-13-16-7-8-17(21)12-19(16)22/h4-12,14H,3,13H2,1-2H3,(H,23,24)/b11-6+/t14-/m0/s1. The van der Waals surface area contributed by atoms with E-state index in [0.29, 0.717) is 16.7 Å². The van der Waals surface area contributed by atoms with Crippen molar-refractivity contribution in [3.63, 3.8) is 0 Å². The normalized spacial score (nSPS) is 12.2. The number of rotatable bonds is 7. The fourth-order valence-electron chi connectivity index (χ4n) is 2.04. The minimum absolute atomic E-state index is 0.0907. The maximum atomic E-state index is 11.7. The first-order valence-corrected chi connectivity index (χ1v) is 8.89. The Morgan fingerprint density at radius 2 is 1.92 bits per heavy atom. The summed E-state index contributed by atoms with van der Waals surface area (Å²) in [5.41, 5.74) is 1.80. The van der Waals surface area contributed by atoms with Crippen LogP contribution < -0.4 is 10.1 Å². The molecule has 0 aliphatic carbocycles. The van der Waals surface area contributed by atoms with Crippen molar-refractivity contribution in [2.75, 3.05) is 0 Å². The Hall–Kier alpha value is -1.97. The fourth-order valence-corrected chi connectivity index (χ4v) is 2.50. The highest BCUT2D eigenvalue weighted by Crippen LogP contribution is 2.23. The summed E-state index contributed by atoms with van der Waals surface area (Å²) in [7, 11) is 0. The minimum Gasteiger partial charge on any atom is -0.489 e. The molecule has 0 saturated carbocycles. The molecule has 3 nitrogen and oxygen atoms in total. The van der Waals surface area contributed by atoms with E-state index in [1.807, 2.05) is 44.2 Å². The molecule has 1 amide bonds. The lowest BCUT2D eigenvalue weighted by atomic mass is 10.2. The summed E-state index contributed by atoms with van der Waals surface area (Å²) in [6.07, 6.45) is 4.22. The van der Waals surface area contributed by atoms with Gasteiger partial charge in [0.2, 0.25) is 5.91 Å². The lowest BCUT2D eigenvalue weighted by Gasteiger charge is -2.09. The lowest BCUT2D eigenvalue weighted by Crippen LogP contribution is -2.30. The molecule has 2 rings (SSSR count). The molecule has 1 atom stereocenters. The fraction of sp³-hybridized carbons (Fsp3) is 0.250. The quantitative estimate of drug-likeness (QED) is 0.646. The minimum atomic E-state index is -0.0907. The van der Waals surface area contributed by atoms with Crippen LogP contribution in [0.3, 0.4) is 0 Å². The predicted molar refractivity (Wildman–Crippen MR) is 104 cm³/mol. The van der Waals surface area contributed by atoms with Crippen LogP contribution >= 0.6 is 23.2 Å². The molecule has 0 aliphatic rings. The Kier molecular flexibility index (Phi) is 7.35. The molecule has 5 heteroatoms. The molecule has 0 spiro atoms. The third-order valence-corrected chi connectivity index (χ3v) is 4.30. The summed E-state index contributed by atoms with van der Waals surface area (Å²) >= 11 is 12.0. The van der Waals surface area contributed by atoms with Gasteiger partial charge in [0.25, 0.3) is 0 Å². The molecule has 0 heterocycles. The van der Waals surface area contributed by atoms with Crippen LogP contribution in [0.25, 0.3) is 6.08 Å². The van der Waals surface area contributed by atoms with E-state index < -0.39 is 0 Å². The van der Waals surface area contributed by atoms with Crippen LogP contribution in [0.1, 0.15) is 31.4 Å². The monoisotopic (exact) mass is 377 g/mol. The Morgan fingerprint density at radius 1 is 1.20 bits per heavy atom.